The molecule has 1 amide bonds. The maximum atomic E-state index is 11.6. The predicted octanol–water partition coefficient (Wildman–Crippen LogP) is -0.506. The second-order valence-electron chi connectivity index (χ2n) is 4.28. The number of nitrogens with two attached hydrogens (primary N) is 1. The highest BCUT2D eigenvalue weighted by Crippen LogP contribution is 2.02. The molecule has 0 heterocycles. The predicted molar refractivity (Wildman–Crippen MR) is 63.7 cm³/mol. The summed E-state index contributed by atoms with van der Waals surface area (Å²) < 4.78 is 4.96. The SMILES string of the molecule is CC(C)COC(=O)[C@H](CCC(=O)O)NC(=O)CN. The quantitative estimate of drug-likeness (QED) is 0.506. The van der Waals surface area contributed by atoms with E-state index in [0.29, 0.717) is 0 Å². The van der Waals surface area contributed by atoms with E-state index in [2.05, 4.69) is 5.32 Å². The molecule has 0 aromatic carbocycles. The van der Waals surface area contributed by atoms with Gasteiger partial charge in [0.05, 0.1) is 13.2 Å². The molecule has 1 atom stereocenters. The molecule has 0 radical (unpaired) electrons. The molecule has 0 saturated heterocycles. The van der Waals surface area contributed by atoms with Gasteiger partial charge in [-0.25, -0.2) is 4.79 Å². The van der Waals surface area contributed by atoms with Crippen LogP contribution in [0.4, 0.5) is 0 Å². The molecule has 0 aromatic rings. The van der Waals surface area contributed by atoms with Crippen molar-refractivity contribution in [2.45, 2.75) is 32.7 Å². The number of ether oxygens (including phenoxy) is 1. The average molecular weight is 260 g/mol. The van der Waals surface area contributed by atoms with Crippen molar-refractivity contribution >= 4 is 17.8 Å². The van der Waals surface area contributed by atoms with Gasteiger partial charge in [0.2, 0.25) is 5.91 Å². The second kappa shape index (κ2) is 8.46. The zero-order valence-electron chi connectivity index (χ0n) is 10.6. The van der Waals surface area contributed by atoms with Crippen molar-refractivity contribution in [3.63, 3.8) is 0 Å². The summed E-state index contributed by atoms with van der Waals surface area (Å²) in [7, 11) is 0. The van der Waals surface area contributed by atoms with Crippen LogP contribution in [0.1, 0.15) is 26.7 Å². The molecule has 0 rings (SSSR count). The average Bonchev–Trinajstić information content (AvgIpc) is 2.30. The summed E-state index contributed by atoms with van der Waals surface area (Å²) >= 11 is 0. The molecule has 0 saturated carbocycles. The van der Waals surface area contributed by atoms with Crippen LogP contribution in [-0.4, -0.2) is 42.1 Å². The molecule has 0 unspecified atom stereocenters. The topological polar surface area (TPSA) is 119 Å². The van der Waals surface area contributed by atoms with Gasteiger partial charge in [-0.3, -0.25) is 9.59 Å². The fourth-order valence-electron chi connectivity index (χ4n) is 1.12. The zero-order chi connectivity index (χ0) is 14.1. The fourth-order valence-corrected chi connectivity index (χ4v) is 1.12. The van der Waals surface area contributed by atoms with E-state index in [4.69, 9.17) is 15.6 Å². The highest BCUT2D eigenvalue weighted by Gasteiger charge is 2.22. The Balaban J connectivity index is 4.38. The summed E-state index contributed by atoms with van der Waals surface area (Å²) in [6.07, 6.45) is -0.246. The van der Waals surface area contributed by atoms with Crippen LogP contribution in [0.25, 0.3) is 0 Å². The number of esters is 1. The van der Waals surface area contributed by atoms with Crippen molar-refractivity contribution in [3.05, 3.63) is 0 Å². The number of rotatable bonds is 8. The lowest BCUT2D eigenvalue weighted by molar-refractivity contribution is -0.149. The summed E-state index contributed by atoms with van der Waals surface area (Å²) in [6.45, 7) is 3.71. The van der Waals surface area contributed by atoms with Gasteiger partial charge < -0.3 is 20.9 Å². The Labute approximate surface area is 106 Å². The van der Waals surface area contributed by atoms with Gasteiger partial charge in [0.15, 0.2) is 0 Å². The van der Waals surface area contributed by atoms with Gasteiger partial charge in [-0.15, -0.1) is 0 Å². The van der Waals surface area contributed by atoms with E-state index < -0.39 is 23.9 Å². The Morgan fingerprint density at radius 1 is 1.33 bits per heavy atom. The Morgan fingerprint density at radius 2 is 1.94 bits per heavy atom. The van der Waals surface area contributed by atoms with Crippen molar-refractivity contribution in [2.75, 3.05) is 13.2 Å². The lowest BCUT2D eigenvalue weighted by Crippen LogP contribution is -2.44. The van der Waals surface area contributed by atoms with Crippen LogP contribution in [0.3, 0.4) is 0 Å². The molecule has 0 aliphatic heterocycles. The molecular weight excluding hydrogens is 240 g/mol. The second-order valence-corrected chi connectivity index (χ2v) is 4.28. The van der Waals surface area contributed by atoms with Crippen LogP contribution in [0, 0.1) is 5.92 Å². The smallest absolute Gasteiger partial charge is 0.328 e. The van der Waals surface area contributed by atoms with Gasteiger partial charge in [-0.05, 0) is 12.3 Å². The van der Waals surface area contributed by atoms with E-state index in [9.17, 15) is 14.4 Å². The van der Waals surface area contributed by atoms with Crippen LogP contribution < -0.4 is 11.1 Å². The number of hydrogen-bond acceptors (Lipinski definition) is 5. The summed E-state index contributed by atoms with van der Waals surface area (Å²) in [5.41, 5.74) is 5.12. The largest absolute Gasteiger partial charge is 0.481 e. The number of carbonyl (C=O) groups is 3. The molecule has 7 nitrogen and oxygen atoms in total. The van der Waals surface area contributed by atoms with Gasteiger partial charge in [0, 0.05) is 6.42 Å². The minimum absolute atomic E-state index is 0.0159. The summed E-state index contributed by atoms with van der Waals surface area (Å²) in [5.74, 6) is -2.03. The van der Waals surface area contributed by atoms with Gasteiger partial charge in [-0.1, -0.05) is 13.8 Å². The van der Waals surface area contributed by atoms with Crippen LogP contribution in [0.5, 0.6) is 0 Å². The van der Waals surface area contributed by atoms with Gasteiger partial charge >= 0.3 is 11.9 Å². The first-order valence-corrected chi connectivity index (χ1v) is 5.74. The van der Waals surface area contributed by atoms with E-state index in [0.717, 1.165) is 0 Å². The zero-order valence-corrected chi connectivity index (χ0v) is 10.6. The van der Waals surface area contributed by atoms with Crippen molar-refractivity contribution < 1.29 is 24.2 Å². The number of aliphatic carboxylic acids is 1. The molecule has 0 aromatic heterocycles. The monoisotopic (exact) mass is 260 g/mol. The van der Waals surface area contributed by atoms with Crippen LogP contribution in [-0.2, 0) is 19.1 Å². The first-order chi connectivity index (χ1) is 8.36. The summed E-state index contributed by atoms with van der Waals surface area (Å²) in [4.78, 5) is 33.2. The maximum Gasteiger partial charge on any atom is 0.328 e. The van der Waals surface area contributed by atoms with Crippen molar-refractivity contribution in [2.24, 2.45) is 11.7 Å². The van der Waals surface area contributed by atoms with E-state index in [1.807, 2.05) is 13.8 Å². The summed E-state index contributed by atoms with van der Waals surface area (Å²) in [5, 5.41) is 10.9. The normalized spacial score (nSPS) is 12.0. The Kier molecular flexibility index (Phi) is 7.69. The van der Waals surface area contributed by atoms with Gasteiger partial charge in [-0.2, -0.15) is 0 Å². The van der Waals surface area contributed by atoms with E-state index in [-0.39, 0.29) is 31.9 Å². The standard InChI is InChI=1S/C11H20N2O5/c1-7(2)6-18-11(17)8(3-4-10(15)16)13-9(14)5-12/h7-8H,3-6,12H2,1-2H3,(H,13,14)(H,15,16)/t8-/m0/s1. The van der Waals surface area contributed by atoms with E-state index >= 15 is 0 Å². The number of carbonyl (C=O) groups excluding carboxylic acids is 2. The van der Waals surface area contributed by atoms with Crippen molar-refractivity contribution in [3.8, 4) is 0 Å². The first-order valence-electron chi connectivity index (χ1n) is 5.74. The molecular formula is C11H20N2O5. The van der Waals surface area contributed by atoms with Gasteiger partial charge in [0.1, 0.15) is 6.04 Å². The minimum Gasteiger partial charge on any atom is -0.481 e. The fraction of sp³-hybridized carbons (Fsp3) is 0.727. The Bertz CT molecular complexity index is 304. The lowest BCUT2D eigenvalue weighted by Gasteiger charge is -2.17. The molecule has 7 heteroatoms. The number of nitrogens with one attached hydrogen (secondary N) is 1. The molecule has 0 fully saturated rings. The molecule has 104 valence electrons. The molecule has 0 spiro atoms. The minimum atomic E-state index is -1.04. The Morgan fingerprint density at radius 3 is 2.39 bits per heavy atom. The number of amides is 1. The van der Waals surface area contributed by atoms with Crippen molar-refractivity contribution in [1.29, 1.82) is 0 Å². The maximum absolute atomic E-state index is 11.6. The number of carboxylic acid groups (broad SMARTS) is 1. The molecule has 18 heavy (non-hydrogen) atoms. The summed E-state index contributed by atoms with van der Waals surface area (Å²) in [6, 6.07) is -0.962. The lowest BCUT2D eigenvalue weighted by atomic mass is 10.1. The van der Waals surface area contributed by atoms with E-state index in [1.165, 1.54) is 0 Å². The first kappa shape index (κ1) is 16.4. The van der Waals surface area contributed by atoms with Crippen LogP contribution >= 0.6 is 0 Å². The molecule has 0 aliphatic rings. The Hall–Kier alpha value is -1.63. The van der Waals surface area contributed by atoms with E-state index in [1.54, 1.807) is 0 Å². The highest BCUT2D eigenvalue weighted by atomic mass is 16.5. The highest BCUT2D eigenvalue weighted by molar-refractivity contribution is 5.85. The van der Waals surface area contributed by atoms with Gasteiger partial charge in [0.25, 0.3) is 0 Å². The third-order valence-corrected chi connectivity index (χ3v) is 2.01. The molecule has 0 aliphatic carbocycles. The van der Waals surface area contributed by atoms with Crippen LogP contribution in [0.2, 0.25) is 0 Å². The molecule has 0 bridgehead atoms. The third-order valence-electron chi connectivity index (χ3n) is 2.01. The van der Waals surface area contributed by atoms with Crippen LogP contribution in [0.15, 0.2) is 0 Å². The molecule has 4 N–H and O–H groups in total. The van der Waals surface area contributed by atoms with Crippen molar-refractivity contribution in [1.82, 2.24) is 5.32 Å². The third kappa shape index (κ3) is 7.61. The number of carboxylic acids is 1. The number of hydrogen-bond donors (Lipinski definition) is 3.